The molecular weight excluding hydrogens is 406 g/mol. The van der Waals surface area contributed by atoms with Gasteiger partial charge in [-0.3, -0.25) is 9.59 Å². The van der Waals surface area contributed by atoms with E-state index in [0.717, 1.165) is 37.6 Å². The number of amides is 2. The number of hydrogen-bond donors (Lipinski definition) is 3. The molecule has 1 aliphatic heterocycles. The third-order valence-corrected chi connectivity index (χ3v) is 6.42. The Hall–Kier alpha value is -2.61. The van der Waals surface area contributed by atoms with Crippen molar-refractivity contribution in [3.63, 3.8) is 0 Å². The molecule has 8 heteroatoms. The first-order valence-corrected chi connectivity index (χ1v) is 11.7. The van der Waals surface area contributed by atoms with E-state index < -0.39 is 0 Å². The highest BCUT2D eigenvalue weighted by molar-refractivity contribution is 5.97. The van der Waals surface area contributed by atoms with Gasteiger partial charge < -0.3 is 25.6 Å². The van der Waals surface area contributed by atoms with Crippen LogP contribution in [0, 0.1) is 5.41 Å². The van der Waals surface area contributed by atoms with Crippen molar-refractivity contribution in [1.29, 1.82) is 0 Å². The Morgan fingerprint density at radius 3 is 2.62 bits per heavy atom. The van der Waals surface area contributed by atoms with Gasteiger partial charge in [-0.15, -0.1) is 0 Å². The van der Waals surface area contributed by atoms with Crippen LogP contribution in [0.15, 0.2) is 29.3 Å². The van der Waals surface area contributed by atoms with Crippen molar-refractivity contribution >= 4 is 17.8 Å². The minimum absolute atomic E-state index is 0.108. The normalized spacial score (nSPS) is 18.4. The van der Waals surface area contributed by atoms with Gasteiger partial charge in [-0.05, 0) is 49.3 Å². The first kappa shape index (κ1) is 24.0. The molecule has 0 unspecified atom stereocenters. The molecule has 3 rings (SSSR count). The summed E-state index contributed by atoms with van der Waals surface area (Å²) in [6.45, 7) is 6.25. The number of nitrogens with one attached hydrogen (secondary N) is 3. The number of nitrogens with zero attached hydrogens (tertiary/aromatic N) is 2. The van der Waals surface area contributed by atoms with Crippen LogP contribution in [0.25, 0.3) is 0 Å². The van der Waals surface area contributed by atoms with Crippen molar-refractivity contribution in [2.45, 2.75) is 45.6 Å². The van der Waals surface area contributed by atoms with E-state index in [2.05, 4.69) is 22.9 Å². The van der Waals surface area contributed by atoms with Crippen LogP contribution in [0.2, 0.25) is 0 Å². The minimum Gasteiger partial charge on any atom is -0.385 e. The summed E-state index contributed by atoms with van der Waals surface area (Å²) >= 11 is 0. The maximum atomic E-state index is 12.6. The van der Waals surface area contributed by atoms with Crippen molar-refractivity contribution in [1.82, 2.24) is 20.9 Å². The van der Waals surface area contributed by atoms with E-state index in [1.807, 2.05) is 24.3 Å². The molecule has 0 aromatic heterocycles. The molecule has 1 saturated heterocycles. The van der Waals surface area contributed by atoms with Crippen LogP contribution in [0.1, 0.15) is 54.9 Å². The number of benzene rings is 1. The molecule has 1 aromatic rings. The first-order valence-electron chi connectivity index (χ1n) is 11.7. The smallest absolute Gasteiger partial charge is 0.254 e. The number of hydrogen-bond acceptors (Lipinski definition) is 4. The number of guanidine groups is 1. The van der Waals surface area contributed by atoms with Crippen LogP contribution < -0.4 is 16.0 Å². The fourth-order valence-electron chi connectivity index (χ4n) is 4.49. The number of ether oxygens (including phenoxy) is 1. The summed E-state index contributed by atoms with van der Waals surface area (Å²) in [4.78, 5) is 30.5. The van der Waals surface area contributed by atoms with Crippen molar-refractivity contribution < 1.29 is 14.3 Å². The summed E-state index contributed by atoms with van der Waals surface area (Å²) in [7, 11) is 1.77. The highest BCUT2D eigenvalue weighted by Crippen LogP contribution is 2.40. The van der Waals surface area contributed by atoms with Gasteiger partial charge >= 0.3 is 0 Å². The third kappa shape index (κ3) is 6.69. The Bertz CT molecular complexity index is 787. The highest BCUT2D eigenvalue weighted by atomic mass is 16.5. The molecule has 2 aliphatic rings. The summed E-state index contributed by atoms with van der Waals surface area (Å²) in [6.07, 6.45) is 6.11. The minimum atomic E-state index is -0.111. The predicted molar refractivity (Wildman–Crippen MR) is 126 cm³/mol. The third-order valence-electron chi connectivity index (χ3n) is 6.42. The highest BCUT2D eigenvalue weighted by Gasteiger charge is 2.33. The molecule has 0 spiro atoms. The molecule has 1 aliphatic carbocycles. The van der Waals surface area contributed by atoms with Crippen LogP contribution in [0.5, 0.6) is 0 Å². The van der Waals surface area contributed by atoms with E-state index in [9.17, 15) is 9.59 Å². The Morgan fingerprint density at radius 2 is 1.97 bits per heavy atom. The van der Waals surface area contributed by atoms with Crippen molar-refractivity contribution in [3.05, 3.63) is 35.4 Å². The molecule has 176 valence electrons. The molecule has 0 bridgehead atoms. The summed E-state index contributed by atoms with van der Waals surface area (Å²) in [5, 5.41) is 9.62. The van der Waals surface area contributed by atoms with Crippen LogP contribution in [0.4, 0.5) is 0 Å². The number of methoxy groups -OCH3 is 1. The second-order valence-electron chi connectivity index (χ2n) is 8.77. The molecule has 3 N–H and O–H groups in total. The van der Waals surface area contributed by atoms with Crippen LogP contribution in [-0.4, -0.2) is 69.1 Å². The average molecular weight is 444 g/mol. The lowest BCUT2D eigenvalue weighted by molar-refractivity contribution is -0.123. The molecule has 8 nitrogen and oxygen atoms in total. The van der Waals surface area contributed by atoms with Crippen molar-refractivity contribution in [3.8, 4) is 0 Å². The number of carbonyl (C=O) groups is 2. The van der Waals surface area contributed by atoms with Crippen molar-refractivity contribution in [2.75, 3.05) is 46.4 Å². The molecule has 2 fully saturated rings. The topological polar surface area (TPSA) is 95.1 Å². The summed E-state index contributed by atoms with van der Waals surface area (Å²) in [5.41, 5.74) is 1.92. The molecule has 0 radical (unpaired) electrons. The van der Waals surface area contributed by atoms with E-state index in [1.54, 1.807) is 12.0 Å². The Balaban J connectivity index is 1.57. The van der Waals surface area contributed by atoms with Gasteiger partial charge in [0.05, 0.1) is 13.1 Å². The predicted octanol–water partition coefficient (Wildman–Crippen LogP) is 1.91. The van der Waals surface area contributed by atoms with Gasteiger partial charge in [0.25, 0.3) is 5.91 Å². The maximum Gasteiger partial charge on any atom is 0.254 e. The summed E-state index contributed by atoms with van der Waals surface area (Å²) < 4.78 is 5.34. The van der Waals surface area contributed by atoms with Crippen LogP contribution in [0.3, 0.4) is 0 Å². The standard InChI is InChI=1S/C24H37N5O3/c1-3-25-23(28-18-24(12-15-32-2)10-4-5-11-24)27-16-19-6-8-20(9-7-19)22(31)29-14-13-26-21(30)17-29/h6-9H,3-5,10-18H2,1-2H3,(H,26,30)(H2,25,27,28). The van der Waals surface area contributed by atoms with E-state index in [4.69, 9.17) is 9.73 Å². The molecule has 0 atom stereocenters. The lowest BCUT2D eigenvalue weighted by Crippen LogP contribution is -2.49. The first-order chi connectivity index (χ1) is 15.5. The maximum absolute atomic E-state index is 12.6. The lowest BCUT2D eigenvalue weighted by atomic mass is 9.83. The zero-order valence-corrected chi connectivity index (χ0v) is 19.4. The fourth-order valence-corrected chi connectivity index (χ4v) is 4.49. The molecule has 1 saturated carbocycles. The largest absolute Gasteiger partial charge is 0.385 e. The van der Waals surface area contributed by atoms with Gasteiger partial charge in [0.2, 0.25) is 5.91 Å². The number of carbonyl (C=O) groups excluding carboxylic acids is 2. The van der Waals surface area contributed by atoms with Gasteiger partial charge in [-0.2, -0.15) is 0 Å². The van der Waals surface area contributed by atoms with Crippen LogP contribution >= 0.6 is 0 Å². The number of piperazine rings is 1. The van der Waals surface area contributed by atoms with Gasteiger partial charge in [-0.25, -0.2) is 4.99 Å². The van der Waals surface area contributed by atoms with Crippen LogP contribution in [-0.2, 0) is 16.1 Å². The van der Waals surface area contributed by atoms with Crippen molar-refractivity contribution in [2.24, 2.45) is 10.4 Å². The fraction of sp³-hybridized carbons (Fsp3) is 0.625. The number of aliphatic imine (C=N–C) groups is 1. The Kier molecular flexibility index (Phi) is 8.90. The number of rotatable bonds is 9. The van der Waals surface area contributed by atoms with E-state index in [-0.39, 0.29) is 18.4 Å². The lowest BCUT2D eigenvalue weighted by Gasteiger charge is -2.30. The SMILES string of the molecule is CCNC(=NCc1ccc(C(=O)N2CCNC(=O)C2)cc1)NCC1(CCOC)CCCC1. The second-order valence-corrected chi connectivity index (χ2v) is 8.77. The molecule has 1 heterocycles. The van der Waals surface area contributed by atoms with Gasteiger partial charge in [0.15, 0.2) is 5.96 Å². The average Bonchev–Trinajstić information content (AvgIpc) is 3.28. The molecular formula is C24H37N5O3. The van der Waals surface area contributed by atoms with E-state index in [1.165, 1.54) is 25.7 Å². The quantitative estimate of drug-likeness (QED) is 0.400. The summed E-state index contributed by atoms with van der Waals surface area (Å²) in [6, 6.07) is 7.50. The Morgan fingerprint density at radius 1 is 1.22 bits per heavy atom. The van der Waals surface area contributed by atoms with E-state index in [0.29, 0.717) is 30.6 Å². The second kappa shape index (κ2) is 11.9. The summed E-state index contributed by atoms with van der Waals surface area (Å²) in [5.74, 6) is 0.596. The molecule has 1 aromatic carbocycles. The van der Waals surface area contributed by atoms with Gasteiger partial charge in [0, 0.05) is 45.5 Å². The molecule has 32 heavy (non-hydrogen) atoms. The monoisotopic (exact) mass is 443 g/mol. The zero-order valence-electron chi connectivity index (χ0n) is 19.4. The van der Waals surface area contributed by atoms with E-state index >= 15 is 0 Å². The van der Waals surface area contributed by atoms with Gasteiger partial charge in [0.1, 0.15) is 0 Å². The Labute approximate surface area is 191 Å². The molecule has 2 amide bonds. The van der Waals surface area contributed by atoms with Gasteiger partial charge in [-0.1, -0.05) is 25.0 Å². The zero-order chi connectivity index (χ0) is 22.8.